The minimum atomic E-state index is -0.369. The van der Waals surface area contributed by atoms with Crippen molar-refractivity contribution in [3.05, 3.63) is 29.8 Å². The van der Waals surface area contributed by atoms with E-state index < -0.39 is 0 Å². The summed E-state index contributed by atoms with van der Waals surface area (Å²) in [4.78, 5) is 25.2. The van der Waals surface area contributed by atoms with Gasteiger partial charge in [0.1, 0.15) is 25.5 Å². The average molecular weight is 319 g/mol. The first-order valence-corrected chi connectivity index (χ1v) is 8.34. The number of amides is 1. The molecule has 1 amide bonds. The van der Waals surface area contributed by atoms with Crippen molar-refractivity contribution in [3.8, 4) is 5.75 Å². The summed E-state index contributed by atoms with van der Waals surface area (Å²) < 4.78 is 10.7. The summed E-state index contributed by atoms with van der Waals surface area (Å²) in [5, 5.41) is 0. The van der Waals surface area contributed by atoms with E-state index in [2.05, 4.69) is 6.92 Å². The van der Waals surface area contributed by atoms with Gasteiger partial charge in [0.15, 0.2) is 0 Å². The van der Waals surface area contributed by atoms with Crippen molar-refractivity contribution in [3.63, 3.8) is 0 Å². The topological polar surface area (TPSA) is 55.8 Å². The van der Waals surface area contributed by atoms with Gasteiger partial charge in [-0.2, -0.15) is 0 Å². The monoisotopic (exact) mass is 319 g/mol. The normalized spacial score (nSPS) is 15.2. The summed E-state index contributed by atoms with van der Waals surface area (Å²) >= 11 is 0. The van der Waals surface area contributed by atoms with Gasteiger partial charge in [-0.15, -0.1) is 0 Å². The van der Waals surface area contributed by atoms with Gasteiger partial charge in [-0.05, 0) is 37.0 Å². The van der Waals surface area contributed by atoms with Crippen LogP contribution in [-0.4, -0.2) is 43.1 Å². The van der Waals surface area contributed by atoms with Crippen LogP contribution in [0.3, 0.4) is 0 Å². The van der Waals surface area contributed by atoms with Crippen LogP contribution in [0.5, 0.6) is 5.75 Å². The summed E-state index contributed by atoms with van der Waals surface area (Å²) in [6.45, 7) is 3.29. The summed E-state index contributed by atoms with van der Waals surface area (Å²) in [7, 11) is 0. The zero-order valence-corrected chi connectivity index (χ0v) is 13.8. The lowest BCUT2D eigenvalue weighted by molar-refractivity contribution is -0.149. The number of esters is 1. The van der Waals surface area contributed by atoms with E-state index in [1.54, 1.807) is 4.90 Å². The van der Waals surface area contributed by atoms with Crippen LogP contribution in [0.1, 0.15) is 38.2 Å². The van der Waals surface area contributed by atoms with E-state index in [4.69, 9.17) is 9.47 Å². The Morgan fingerprint density at radius 1 is 1.22 bits per heavy atom. The van der Waals surface area contributed by atoms with Crippen molar-refractivity contribution in [2.75, 3.05) is 26.3 Å². The van der Waals surface area contributed by atoms with Gasteiger partial charge in [0, 0.05) is 13.0 Å². The highest BCUT2D eigenvalue weighted by molar-refractivity contribution is 5.82. The Bertz CT molecular complexity index is 530. The molecule has 1 heterocycles. The molecular formula is C18H25NO4. The summed E-state index contributed by atoms with van der Waals surface area (Å²) in [6, 6.07) is 7.87. The Hall–Kier alpha value is -2.04. The second kappa shape index (κ2) is 9.18. The molecule has 23 heavy (non-hydrogen) atoms. The highest BCUT2D eigenvalue weighted by atomic mass is 16.6. The van der Waals surface area contributed by atoms with E-state index in [1.165, 1.54) is 5.56 Å². The smallest absolute Gasteiger partial charge is 0.325 e. The highest BCUT2D eigenvalue weighted by Gasteiger charge is 2.19. The van der Waals surface area contributed by atoms with E-state index in [-0.39, 0.29) is 25.0 Å². The molecule has 0 atom stereocenters. The van der Waals surface area contributed by atoms with Crippen LogP contribution >= 0.6 is 0 Å². The maximum atomic E-state index is 11.8. The van der Waals surface area contributed by atoms with Crippen molar-refractivity contribution in [2.24, 2.45) is 0 Å². The molecule has 5 heteroatoms. The molecule has 1 fully saturated rings. The second-order valence-corrected chi connectivity index (χ2v) is 5.70. The van der Waals surface area contributed by atoms with Crippen LogP contribution in [0.25, 0.3) is 0 Å². The minimum absolute atomic E-state index is 0.0458. The van der Waals surface area contributed by atoms with Gasteiger partial charge in [-0.1, -0.05) is 25.5 Å². The quantitative estimate of drug-likeness (QED) is 0.572. The van der Waals surface area contributed by atoms with Crippen molar-refractivity contribution < 1.29 is 19.1 Å². The van der Waals surface area contributed by atoms with E-state index in [0.717, 1.165) is 31.4 Å². The molecule has 1 aliphatic rings. The SMILES string of the molecule is CCc1cccc(OCCOC(=O)CN2CCCCCC2=O)c1. The fourth-order valence-electron chi connectivity index (χ4n) is 2.58. The molecular weight excluding hydrogens is 294 g/mol. The molecule has 0 saturated carbocycles. The Morgan fingerprint density at radius 2 is 2.09 bits per heavy atom. The zero-order chi connectivity index (χ0) is 16.5. The van der Waals surface area contributed by atoms with Crippen LogP contribution < -0.4 is 4.74 Å². The number of hydrogen-bond acceptors (Lipinski definition) is 4. The molecule has 0 bridgehead atoms. The van der Waals surface area contributed by atoms with Gasteiger partial charge in [-0.25, -0.2) is 0 Å². The van der Waals surface area contributed by atoms with E-state index in [1.807, 2.05) is 24.3 Å². The molecule has 1 aliphatic heterocycles. The van der Waals surface area contributed by atoms with Crippen molar-refractivity contribution >= 4 is 11.9 Å². The molecule has 0 aromatic heterocycles. The van der Waals surface area contributed by atoms with E-state index >= 15 is 0 Å². The van der Waals surface area contributed by atoms with E-state index in [9.17, 15) is 9.59 Å². The second-order valence-electron chi connectivity index (χ2n) is 5.70. The number of carbonyl (C=O) groups excluding carboxylic acids is 2. The molecule has 0 N–H and O–H groups in total. The third-order valence-electron chi connectivity index (χ3n) is 3.91. The lowest BCUT2D eigenvalue weighted by atomic mass is 10.2. The molecule has 1 aromatic rings. The van der Waals surface area contributed by atoms with Crippen molar-refractivity contribution in [2.45, 2.75) is 39.0 Å². The number of rotatable bonds is 7. The zero-order valence-electron chi connectivity index (χ0n) is 13.8. The molecule has 2 rings (SSSR count). The van der Waals surface area contributed by atoms with Gasteiger partial charge in [0.25, 0.3) is 0 Å². The van der Waals surface area contributed by atoms with Gasteiger partial charge in [0.2, 0.25) is 5.91 Å². The largest absolute Gasteiger partial charge is 0.490 e. The lowest BCUT2D eigenvalue weighted by Crippen LogP contribution is -2.36. The predicted octanol–water partition coefficient (Wildman–Crippen LogP) is 2.57. The van der Waals surface area contributed by atoms with Crippen LogP contribution in [0.15, 0.2) is 24.3 Å². The average Bonchev–Trinajstić information content (AvgIpc) is 2.76. The molecule has 0 radical (unpaired) electrons. The Morgan fingerprint density at radius 3 is 2.91 bits per heavy atom. The maximum Gasteiger partial charge on any atom is 0.325 e. The summed E-state index contributed by atoms with van der Waals surface area (Å²) in [6.07, 6.45) is 4.40. The molecule has 5 nitrogen and oxygen atoms in total. The van der Waals surface area contributed by atoms with Crippen LogP contribution in [0.4, 0.5) is 0 Å². The van der Waals surface area contributed by atoms with Crippen LogP contribution in [0, 0.1) is 0 Å². The first-order valence-electron chi connectivity index (χ1n) is 8.34. The predicted molar refractivity (Wildman–Crippen MR) is 87.3 cm³/mol. The number of benzene rings is 1. The Labute approximate surface area is 137 Å². The van der Waals surface area contributed by atoms with Gasteiger partial charge >= 0.3 is 5.97 Å². The maximum absolute atomic E-state index is 11.8. The molecule has 0 unspecified atom stereocenters. The van der Waals surface area contributed by atoms with Crippen LogP contribution in [0.2, 0.25) is 0 Å². The Kier molecular flexibility index (Phi) is 6.91. The number of hydrogen-bond donors (Lipinski definition) is 0. The minimum Gasteiger partial charge on any atom is -0.490 e. The molecule has 0 aliphatic carbocycles. The summed E-state index contributed by atoms with van der Waals surface area (Å²) in [5.41, 5.74) is 1.21. The summed E-state index contributed by atoms with van der Waals surface area (Å²) in [5.74, 6) is 0.460. The molecule has 1 aromatic carbocycles. The molecule has 1 saturated heterocycles. The fraction of sp³-hybridized carbons (Fsp3) is 0.556. The van der Waals surface area contributed by atoms with Gasteiger partial charge in [-0.3, -0.25) is 9.59 Å². The van der Waals surface area contributed by atoms with E-state index in [0.29, 0.717) is 19.6 Å². The van der Waals surface area contributed by atoms with Gasteiger partial charge < -0.3 is 14.4 Å². The fourth-order valence-corrected chi connectivity index (χ4v) is 2.58. The van der Waals surface area contributed by atoms with Crippen LogP contribution in [-0.2, 0) is 20.7 Å². The third kappa shape index (κ3) is 5.93. The van der Waals surface area contributed by atoms with Crippen molar-refractivity contribution in [1.82, 2.24) is 4.90 Å². The third-order valence-corrected chi connectivity index (χ3v) is 3.91. The van der Waals surface area contributed by atoms with Crippen molar-refractivity contribution in [1.29, 1.82) is 0 Å². The lowest BCUT2D eigenvalue weighted by Gasteiger charge is -2.19. The van der Waals surface area contributed by atoms with Gasteiger partial charge in [0.05, 0.1) is 0 Å². The molecule has 126 valence electrons. The molecule has 0 spiro atoms. The highest BCUT2D eigenvalue weighted by Crippen LogP contribution is 2.13. The Balaban J connectivity index is 1.67. The first-order chi connectivity index (χ1) is 11.2. The number of nitrogens with zero attached hydrogens (tertiary/aromatic N) is 1. The first kappa shape index (κ1) is 17.3. The number of aryl methyl sites for hydroxylation is 1. The number of likely N-dealkylation sites (tertiary alicyclic amines) is 1. The number of ether oxygens (including phenoxy) is 2. The number of carbonyl (C=O) groups is 2. The standard InChI is InChI=1S/C18H25NO4/c1-2-15-7-6-8-16(13-15)22-11-12-23-18(21)14-19-10-5-3-4-9-17(19)20/h6-8,13H,2-5,9-12,14H2,1H3.